The van der Waals surface area contributed by atoms with Gasteiger partial charge in [0.1, 0.15) is 11.4 Å². The van der Waals surface area contributed by atoms with Crippen molar-refractivity contribution in [2.45, 2.75) is 24.2 Å². The van der Waals surface area contributed by atoms with Crippen molar-refractivity contribution < 1.29 is 0 Å². The van der Waals surface area contributed by atoms with Crippen LogP contribution in [0.2, 0.25) is 5.02 Å². The fraction of sp³-hybridized carbons (Fsp3) is 0.158. The highest BCUT2D eigenvalue weighted by Crippen LogP contribution is 2.26. The van der Waals surface area contributed by atoms with Gasteiger partial charge in [-0.25, -0.2) is 14.6 Å². The van der Waals surface area contributed by atoms with E-state index in [9.17, 15) is 0 Å². The molecule has 0 saturated heterocycles. The number of aromatic nitrogens is 5. The van der Waals surface area contributed by atoms with Crippen molar-refractivity contribution in [1.29, 1.82) is 0 Å². The standard InChI is InChI=1S/C19H16ClN5S/c1-13-2-4-15(5-3-13)11-26-19-17-18(21-12-22-19)25(24-23-17)10-14-6-8-16(20)9-7-14/h2-9,12H,10-11H2,1H3. The Balaban J connectivity index is 1.56. The summed E-state index contributed by atoms with van der Waals surface area (Å²) in [7, 11) is 0. The maximum Gasteiger partial charge on any atom is 0.183 e. The number of hydrogen-bond donors (Lipinski definition) is 0. The lowest BCUT2D eigenvalue weighted by molar-refractivity contribution is 0.664. The third kappa shape index (κ3) is 3.71. The van der Waals surface area contributed by atoms with Crippen molar-refractivity contribution in [3.63, 3.8) is 0 Å². The molecule has 0 amide bonds. The molecule has 4 aromatic rings. The van der Waals surface area contributed by atoms with Crippen molar-refractivity contribution in [2.24, 2.45) is 0 Å². The molecule has 0 bridgehead atoms. The summed E-state index contributed by atoms with van der Waals surface area (Å²) >= 11 is 7.59. The fourth-order valence-corrected chi connectivity index (χ4v) is 3.59. The minimum atomic E-state index is 0.590. The van der Waals surface area contributed by atoms with Gasteiger partial charge in [0.05, 0.1) is 6.54 Å². The minimum Gasteiger partial charge on any atom is -0.227 e. The van der Waals surface area contributed by atoms with E-state index in [0.29, 0.717) is 11.6 Å². The van der Waals surface area contributed by atoms with Crippen LogP contribution in [0.1, 0.15) is 16.7 Å². The van der Waals surface area contributed by atoms with Gasteiger partial charge in [0.2, 0.25) is 0 Å². The summed E-state index contributed by atoms with van der Waals surface area (Å²) in [4.78, 5) is 8.76. The molecule has 0 aliphatic rings. The Morgan fingerprint density at radius 3 is 2.46 bits per heavy atom. The summed E-state index contributed by atoms with van der Waals surface area (Å²) in [6.07, 6.45) is 1.57. The zero-order valence-electron chi connectivity index (χ0n) is 14.1. The molecule has 0 aliphatic heterocycles. The number of benzene rings is 2. The Morgan fingerprint density at radius 2 is 1.69 bits per heavy atom. The van der Waals surface area contributed by atoms with Crippen LogP contribution in [0.5, 0.6) is 0 Å². The second kappa shape index (κ2) is 7.43. The zero-order valence-corrected chi connectivity index (χ0v) is 15.7. The van der Waals surface area contributed by atoms with E-state index in [0.717, 1.165) is 27.5 Å². The minimum absolute atomic E-state index is 0.590. The molecule has 5 nitrogen and oxygen atoms in total. The highest BCUT2D eigenvalue weighted by Gasteiger charge is 2.12. The lowest BCUT2D eigenvalue weighted by Crippen LogP contribution is -2.03. The van der Waals surface area contributed by atoms with E-state index in [1.54, 1.807) is 22.8 Å². The smallest absolute Gasteiger partial charge is 0.183 e. The second-order valence-electron chi connectivity index (χ2n) is 6.00. The van der Waals surface area contributed by atoms with Gasteiger partial charge in [-0.3, -0.25) is 0 Å². The number of halogens is 1. The molecule has 0 atom stereocenters. The van der Waals surface area contributed by atoms with Crippen LogP contribution in [-0.4, -0.2) is 25.0 Å². The summed E-state index contributed by atoms with van der Waals surface area (Å²) in [5.41, 5.74) is 5.07. The summed E-state index contributed by atoms with van der Waals surface area (Å²) < 4.78 is 1.79. The maximum atomic E-state index is 5.95. The van der Waals surface area contributed by atoms with Gasteiger partial charge in [-0.2, -0.15) is 0 Å². The van der Waals surface area contributed by atoms with Crippen molar-refractivity contribution in [2.75, 3.05) is 0 Å². The number of aryl methyl sites for hydroxylation is 1. The van der Waals surface area contributed by atoms with E-state index in [-0.39, 0.29) is 0 Å². The zero-order chi connectivity index (χ0) is 17.9. The highest BCUT2D eigenvalue weighted by atomic mass is 35.5. The Morgan fingerprint density at radius 1 is 0.962 bits per heavy atom. The van der Waals surface area contributed by atoms with Crippen LogP contribution in [0.25, 0.3) is 11.2 Å². The third-order valence-corrected chi connectivity index (χ3v) is 5.31. The molecule has 0 spiro atoms. The molecule has 0 radical (unpaired) electrons. The fourth-order valence-electron chi connectivity index (χ4n) is 2.58. The Hall–Kier alpha value is -2.44. The number of nitrogens with zero attached hydrogens (tertiary/aromatic N) is 5. The van der Waals surface area contributed by atoms with Crippen molar-refractivity contribution in [1.82, 2.24) is 25.0 Å². The average molecular weight is 382 g/mol. The monoisotopic (exact) mass is 381 g/mol. The van der Waals surface area contributed by atoms with Gasteiger partial charge in [0.15, 0.2) is 11.2 Å². The molecule has 130 valence electrons. The molecule has 2 heterocycles. The van der Waals surface area contributed by atoms with Crippen LogP contribution in [0.4, 0.5) is 0 Å². The molecule has 0 fully saturated rings. The van der Waals surface area contributed by atoms with Crippen LogP contribution in [-0.2, 0) is 12.3 Å². The van der Waals surface area contributed by atoms with Crippen LogP contribution in [0, 0.1) is 6.92 Å². The van der Waals surface area contributed by atoms with Crippen LogP contribution in [0.15, 0.2) is 59.9 Å². The van der Waals surface area contributed by atoms with Gasteiger partial charge < -0.3 is 0 Å². The first-order chi connectivity index (χ1) is 12.7. The van der Waals surface area contributed by atoms with E-state index in [1.165, 1.54) is 11.1 Å². The van der Waals surface area contributed by atoms with Gasteiger partial charge in [0.25, 0.3) is 0 Å². The molecular weight excluding hydrogens is 366 g/mol. The predicted molar refractivity (Wildman–Crippen MR) is 104 cm³/mol. The first-order valence-corrected chi connectivity index (χ1v) is 9.52. The van der Waals surface area contributed by atoms with Gasteiger partial charge in [0, 0.05) is 10.8 Å². The van der Waals surface area contributed by atoms with Crippen molar-refractivity contribution in [3.05, 3.63) is 76.6 Å². The molecule has 26 heavy (non-hydrogen) atoms. The van der Waals surface area contributed by atoms with E-state index in [4.69, 9.17) is 11.6 Å². The molecule has 0 aliphatic carbocycles. The normalized spacial score (nSPS) is 11.2. The van der Waals surface area contributed by atoms with Crippen LogP contribution < -0.4 is 0 Å². The number of hydrogen-bond acceptors (Lipinski definition) is 5. The van der Waals surface area contributed by atoms with Gasteiger partial charge in [-0.1, -0.05) is 70.5 Å². The maximum absolute atomic E-state index is 5.95. The summed E-state index contributed by atoms with van der Waals surface area (Å²) in [6.45, 7) is 2.68. The van der Waals surface area contributed by atoms with E-state index in [1.807, 2.05) is 24.3 Å². The molecule has 0 saturated carbocycles. The first kappa shape index (κ1) is 17.0. The topological polar surface area (TPSA) is 56.5 Å². The quantitative estimate of drug-likeness (QED) is 0.375. The summed E-state index contributed by atoms with van der Waals surface area (Å²) in [5, 5.41) is 10.1. The third-order valence-electron chi connectivity index (χ3n) is 4.01. The lowest BCUT2D eigenvalue weighted by atomic mass is 10.2. The molecular formula is C19H16ClN5S. The van der Waals surface area contributed by atoms with E-state index in [2.05, 4.69) is 51.5 Å². The summed E-state index contributed by atoms with van der Waals surface area (Å²) in [6, 6.07) is 16.2. The molecule has 0 unspecified atom stereocenters. The second-order valence-corrected chi connectivity index (χ2v) is 7.40. The van der Waals surface area contributed by atoms with Gasteiger partial charge in [-0.15, -0.1) is 5.10 Å². The Labute approximate surface area is 160 Å². The Bertz CT molecular complexity index is 1030. The lowest BCUT2D eigenvalue weighted by Gasteiger charge is -2.04. The van der Waals surface area contributed by atoms with Crippen molar-refractivity contribution in [3.8, 4) is 0 Å². The van der Waals surface area contributed by atoms with E-state index < -0.39 is 0 Å². The number of rotatable bonds is 5. The summed E-state index contributed by atoms with van der Waals surface area (Å²) in [5.74, 6) is 0.830. The highest BCUT2D eigenvalue weighted by molar-refractivity contribution is 7.98. The van der Waals surface area contributed by atoms with Crippen LogP contribution >= 0.6 is 23.4 Å². The molecule has 7 heteroatoms. The van der Waals surface area contributed by atoms with Gasteiger partial charge >= 0.3 is 0 Å². The largest absolute Gasteiger partial charge is 0.227 e. The molecule has 2 aromatic carbocycles. The number of thioether (sulfide) groups is 1. The van der Waals surface area contributed by atoms with Crippen LogP contribution in [0.3, 0.4) is 0 Å². The molecule has 0 N–H and O–H groups in total. The first-order valence-electron chi connectivity index (χ1n) is 8.16. The SMILES string of the molecule is Cc1ccc(CSc2ncnc3c2nnn3Cc2ccc(Cl)cc2)cc1. The van der Waals surface area contributed by atoms with Crippen molar-refractivity contribution >= 4 is 34.5 Å². The van der Waals surface area contributed by atoms with E-state index >= 15 is 0 Å². The number of fused-ring (bicyclic) bond motifs is 1. The average Bonchev–Trinajstić information content (AvgIpc) is 3.07. The molecule has 2 aromatic heterocycles. The van der Waals surface area contributed by atoms with Gasteiger partial charge in [-0.05, 0) is 30.2 Å². The Kier molecular flexibility index (Phi) is 4.86. The predicted octanol–water partition coefficient (Wildman–Crippen LogP) is 4.52. The molecule has 4 rings (SSSR count).